The minimum absolute atomic E-state index is 0.0583. The van der Waals surface area contributed by atoms with Gasteiger partial charge in [0.15, 0.2) is 0 Å². The van der Waals surface area contributed by atoms with Crippen LogP contribution >= 0.6 is 11.3 Å². The Bertz CT molecular complexity index is 1120. The molecule has 0 unspecified atom stereocenters. The van der Waals surface area contributed by atoms with Crippen molar-refractivity contribution in [2.45, 2.75) is 31.7 Å². The summed E-state index contributed by atoms with van der Waals surface area (Å²) in [7, 11) is 0. The summed E-state index contributed by atoms with van der Waals surface area (Å²) in [6, 6.07) is 21.7. The van der Waals surface area contributed by atoms with E-state index < -0.39 is 0 Å². The molecule has 4 nitrogen and oxygen atoms in total. The lowest BCUT2D eigenvalue weighted by Gasteiger charge is -2.17. The Kier molecular flexibility index (Phi) is 4.82. The SMILES string of the molecule is O=C(Nc1ccc(Oc2ccccc2)cc1)c1cc2sccc2n1C1CCCC1. The number of hydrogen-bond acceptors (Lipinski definition) is 3. The van der Waals surface area contributed by atoms with Gasteiger partial charge in [0, 0.05) is 11.7 Å². The fourth-order valence-electron chi connectivity index (χ4n) is 4.10. The highest BCUT2D eigenvalue weighted by atomic mass is 32.1. The molecule has 2 aromatic carbocycles. The van der Waals surface area contributed by atoms with E-state index in [9.17, 15) is 4.79 Å². The summed E-state index contributed by atoms with van der Waals surface area (Å²) in [4.78, 5) is 13.1. The number of aromatic nitrogens is 1. The summed E-state index contributed by atoms with van der Waals surface area (Å²) in [6.07, 6.45) is 4.76. The Morgan fingerprint density at radius 3 is 2.45 bits per heavy atom. The minimum Gasteiger partial charge on any atom is -0.457 e. The van der Waals surface area contributed by atoms with Gasteiger partial charge in [-0.3, -0.25) is 4.79 Å². The largest absolute Gasteiger partial charge is 0.457 e. The lowest BCUT2D eigenvalue weighted by molar-refractivity contribution is 0.101. The third-order valence-corrected chi connectivity index (χ3v) is 6.33. The first kappa shape index (κ1) is 18.0. The van der Waals surface area contributed by atoms with Crippen molar-refractivity contribution >= 4 is 33.1 Å². The van der Waals surface area contributed by atoms with Crippen molar-refractivity contribution in [3.8, 4) is 11.5 Å². The molecule has 5 rings (SSSR count). The van der Waals surface area contributed by atoms with Crippen LogP contribution in [0.5, 0.6) is 11.5 Å². The number of hydrogen-bond donors (Lipinski definition) is 1. The Labute approximate surface area is 173 Å². The maximum absolute atomic E-state index is 13.1. The molecule has 4 aromatic rings. The molecule has 1 aliphatic rings. The number of amides is 1. The highest BCUT2D eigenvalue weighted by Crippen LogP contribution is 2.36. The van der Waals surface area contributed by atoms with Crippen LogP contribution in [0.3, 0.4) is 0 Å². The Morgan fingerprint density at radius 2 is 1.69 bits per heavy atom. The van der Waals surface area contributed by atoms with E-state index in [4.69, 9.17) is 4.74 Å². The molecular weight excluding hydrogens is 380 g/mol. The number of carbonyl (C=O) groups is 1. The van der Waals surface area contributed by atoms with Gasteiger partial charge in [-0.25, -0.2) is 0 Å². The van der Waals surface area contributed by atoms with Gasteiger partial charge in [-0.15, -0.1) is 11.3 Å². The van der Waals surface area contributed by atoms with Crippen LogP contribution in [0.15, 0.2) is 72.1 Å². The van der Waals surface area contributed by atoms with Crippen molar-refractivity contribution in [3.05, 3.63) is 77.8 Å². The molecule has 0 spiro atoms. The lowest BCUT2D eigenvalue weighted by Crippen LogP contribution is -2.19. The molecule has 0 aliphatic heterocycles. The summed E-state index contributed by atoms with van der Waals surface area (Å²) in [6.45, 7) is 0. The fraction of sp³-hybridized carbons (Fsp3) is 0.208. The molecule has 2 heterocycles. The number of anilines is 1. The van der Waals surface area contributed by atoms with Crippen molar-refractivity contribution in [2.24, 2.45) is 0 Å². The van der Waals surface area contributed by atoms with E-state index in [0.717, 1.165) is 35.7 Å². The molecule has 1 aliphatic carbocycles. The predicted octanol–water partition coefficient (Wildman–Crippen LogP) is 6.86. The van der Waals surface area contributed by atoms with Gasteiger partial charge in [-0.2, -0.15) is 0 Å². The number of thiophene rings is 1. The van der Waals surface area contributed by atoms with Crippen molar-refractivity contribution in [3.63, 3.8) is 0 Å². The van der Waals surface area contributed by atoms with Crippen LogP contribution in [0.2, 0.25) is 0 Å². The van der Waals surface area contributed by atoms with Crippen molar-refractivity contribution in [1.29, 1.82) is 0 Å². The predicted molar refractivity (Wildman–Crippen MR) is 118 cm³/mol. The summed E-state index contributed by atoms with van der Waals surface area (Å²) >= 11 is 1.69. The summed E-state index contributed by atoms with van der Waals surface area (Å²) < 4.78 is 9.25. The van der Waals surface area contributed by atoms with E-state index in [1.165, 1.54) is 23.1 Å². The molecular formula is C24H22N2O2S. The number of rotatable bonds is 5. The van der Waals surface area contributed by atoms with Gasteiger partial charge in [-0.1, -0.05) is 31.0 Å². The standard InChI is InChI=1S/C24H22N2O2S/c27-24(22-16-23-21(14-15-29-23)26(22)18-6-4-5-7-18)25-17-10-12-20(13-11-17)28-19-8-2-1-3-9-19/h1-3,8-16,18H,4-7H2,(H,25,27). The first-order chi connectivity index (χ1) is 14.3. The zero-order chi connectivity index (χ0) is 19.6. The van der Waals surface area contributed by atoms with E-state index in [1.54, 1.807) is 11.3 Å². The van der Waals surface area contributed by atoms with Gasteiger partial charge in [0.25, 0.3) is 5.91 Å². The molecule has 29 heavy (non-hydrogen) atoms. The van der Waals surface area contributed by atoms with Crippen LogP contribution in [-0.4, -0.2) is 10.5 Å². The molecule has 0 atom stereocenters. The van der Waals surface area contributed by atoms with Gasteiger partial charge in [0.1, 0.15) is 17.2 Å². The summed E-state index contributed by atoms with van der Waals surface area (Å²) in [5.74, 6) is 1.47. The minimum atomic E-state index is -0.0583. The monoisotopic (exact) mass is 402 g/mol. The van der Waals surface area contributed by atoms with Gasteiger partial charge in [-0.05, 0) is 66.8 Å². The first-order valence-electron chi connectivity index (χ1n) is 10.0. The van der Waals surface area contributed by atoms with Crippen molar-refractivity contribution in [1.82, 2.24) is 4.57 Å². The summed E-state index contributed by atoms with van der Waals surface area (Å²) in [5, 5.41) is 5.15. The van der Waals surface area contributed by atoms with E-state index in [0.29, 0.717) is 6.04 Å². The number of benzene rings is 2. The Morgan fingerprint density at radius 1 is 0.966 bits per heavy atom. The smallest absolute Gasteiger partial charge is 0.272 e. The second kappa shape index (κ2) is 7.76. The molecule has 2 aromatic heterocycles. The third-order valence-electron chi connectivity index (χ3n) is 5.47. The molecule has 5 heteroatoms. The van der Waals surface area contributed by atoms with Gasteiger partial charge < -0.3 is 14.6 Å². The average Bonchev–Trinajstić information content (AvgIpc) is 3.47. The van der Waals surface area contributed by atoms with E-state index >= 15 is 0 Å². The molecule has 0 bridgehead atoms. The second-order valence-corrected chi connectivity index (χ2v) is 8.35. The van der Waals surface area contributed by atoms with Gasteiger partial charge in [0.2, 0.25) is 0 Å². The van der Waals surface area contributed by atoms with Crippen LogP contribution < -0.4 is 10.1 Å². The van der Waals surface area contributed by atoms with E-state index in [-0.39, 0.29) is 5.91 Å². The topological polar surface area (TPSA) is 43.3 Å². The molecule has 1 saturated carbocycles. The number of ether oxygens (including phenoxy) is 1. The Hall–Kier alpha value is -3.05. The normalized spacial score (nSPS) is 14.3. The highest BCUT2D eigenvalue weighted by molar-refractivity contribution is 7.17. The van der Waals surface area contributed by atoms with Crippen LogP contribution in [0.25, 0.3) is 10.2 Å². The lowest BCUT2D eigenvalue weighted by atomic mass is 10.2. The van der Waals surface area contributed by atoms with Crippen molar-refractivity contribution < 1.29 is 9.53 Å². The first-order valence-corrected chi connectivity index (χ1v) is 10.9. The van der Waals surface area contributed by atoms with Gasteiger partial charge in [0.05, 0.1) is 10.2 Å². The zero-order valence-electron chi connectivity index (χ0n) is 16.0. The number of nitrogens with one attached hydrogen (secondary N) is 1. The fourth-order valence-corrected chi connectivity index (χ4v) is 4.91. The highest BCUT2D eigenvalue weighted by Gasteiger charge is 2.25. The summed E-state index contributed by atoms with van der Waals surface area (Å²) in [5.41, 5.74) is 2.69. The number of fused-ring (bicyclic) bond motifs is 1. The maximum Gasteiger partial charge on any atom is 0.272 e. The zero-order valence-corrected chi connectivity index (χ0v) is 16.8. The second-order valence-electron chi connectivity index (χ2n) is 7.40. The molecule has 1 N–H and O–H groups in total. The molecule has 0 saturated heterocycles. The molecule has 0 radical (unpaired) electrons. The molecule has 1 amide bonds. The third kappa shape index (κ3) is 3.66. The number of para-hydroxylation sites is 1. The van der Waals surface area contributed by atoms with Crippen LogP contribution in [0, 0.1) is 0 Å². The van der Waals surface area contributed by atoms with E-state index in [2.05, 4.69) is 21.3 Å². The molecule has 146 valence electrons. The maximum atomic E-state index is 13.1. The van der Waals surface area contributed by atoms with E-state index in [1.807, 2.05) is 60.7 Å². The average molecular weight is 403 g/mol. The van der Waals surface area contributed by atoms with Crippen LogP contribution in [0.4, 0.5) is 5.69 Å². The number of carbonyl (C=O) groups excluding carboxylic acids is 1. The molecule has 1 fully saturated rings. The van der Waals surface area contributed by atoms with Crippen LogP contribution in [0.1, 0.15) is 42.2 Å². The number of nitrogens with zero attached hydrogens (tertiary/aromatic N) is 1. The van der Waals surface area contributed by atoms with Crippen molar-refractivity contribution in [2.75, 3.05) is 5.32 Å². The Balaban J connectivity index is 1.35. The quantitative estimate of drug-likeness (QED) is 0.396. The van der Waals surface area contributed by atoms with Gasteiger partial charge >= 0.3 is 0 Å². The van der Waals surface area contributed by atoms with Crippen LogP contribution in [-0.2, 0) is 0 Å².